The third kappa shape index (κ3) is 2.28. The van der Waals surface area contributed by atoms with Crippen LogP contribution in [0.25, 0.3) is 0 Å². The maximum Gasteiger partial charge on any atom is 0.134 e. The molecule has 0 aliphatic carbocycles. The quantitative estimate of drug-likeness (QED) is 0.859. The van der Waals surface area contributed by atoms with Crippen molar-refractivity contribution in [1.29, 1.82) is 0 Å². The number of rotatable bonds is 4. The van der Waals surface area contributed by atoms with E-state index in [1.807, 2.05) is 19.2 Å². The van der Waals surface area contributed by atoms with Crippen LogP contribution in [-0.4, -0.2) is 31.7 Å². The second-order valence-electron chi connectivity index (χ2n) is 4.71. The minimum atomic E-state index is -0.452. The summed E-state index contributed by atoms with van der Waals surface area (Å²) < 4.78 is 5.58. The van der Waals surface area contributed by atoms with E-state index in [-0.39, 0.29) is 0 Å². The molecule has 0 saturated carbocycles. The molecule has 4 heteroatoms. The van der Waals surface area contributed by atoms with Gasteiger partial charge in [0.05, 0.1) is 0 Å². The maximum atomic E-state index is 5.85. The van der Waals surface area contributed by atoms with E-state index in [2.05, 4.69) is 16.0 Å². The first kappa shape index (κ1) is 12.3. The lowest BCUT2D eigenvalue weighted by Crippen LogP contribution is -2.36. The fraction of sp³-hybridized carbons (Fsp3) is 0.615. The van der Waals surface area contributed by atoms with Crippen molar-refractivity contribution in [2.45, 2.75) is 25.4 Å². The molecule has 4 nitrogen and oxygen atoms in total. The normalized spacial score (nSPS) is 19.4. The number of hydrogen-bond acceptors (Lipinski definition) is 4. The van der Waals surface area contributed by atoms with Crippen molar-refractivity contribution in [2.24, 2.45) is 5.73 Å². The second kappa shape index (κ2) is 5.02. The average molecular weight is 235 g/mol. The van der Waals surface area contributed by atoms with E-state index in [1.165, 1.54) is 12.8 Å². The number of nitrogens with two attached hydrogens (primary N) is 1. The van der Waals surface area contributed by atoms with E-state index in [4.69, 9.17) is 10.5 Å². The number of ether oxygens (including phenoxy) is 1. The fourth-order valence-corrected chi connectivity index (χ4v) is 2.29. The summed E-state index contributed by atoms with van der Waals surface area (Å²) in [6.45, 7) is 4.63. The molecule has 0 bridgehead atoms. The molecule has 1 aliphatic rings. The van der Waals surface area contributed by atoms with Gasteiger partial charge in [-0.2, -0.15) is 0 Å². The lowest BCUT2D eigenvalue weighted by atomic mass is 9.96. The smallest absolute Gasteiger partial charge is 0.134 e. The van der Waals surface area contributed by atoms with Crippen LogP contribution in [0.4, 0.5) is 5.82 Å². The Morgan fingerprint density at radius 2 is 2.18 bits per heavy atom. The van der Waals surface area contributed by atoms with E-state index < -0.39 is 5.60 Å². The topological polar surface area (TPSA) is 51.4 Å². The molecule has 17 heavy (non-hydrogen) atoms. The van der Waals surface area contributed by atoms with E-state index in [0.29, 0.717) is 6.54 Å². The van der Waals surface area contributed by atoms with Crippen LogP contribution in [0.1, 0.15) is 25.3 Å². The molecule has 0 aromatic carbocycles. The van der Waals surface area contributed by atoms with Crippen molar-refractivity contribution in [3.05, 3.63) is 23.9 Å². The van der Waals surface area contributed by atoms with Crippen molar-refractivity contribution in [3.63, 3.8) is 0 Å². The predicted octanol–water partition coefficient (Wildman–Crippen LogP) is 1.50. The zero-order chi connectivity index (χ0) is 12.3. The number of aromatic nitrogens is 1. The Balaban J connectivity index is 2.39. The molecule has 1 atom stereocenters. The van der Waals surface area contributed by atoms with Crippen LogP contribution in [0.3, 0.4) is 0 Å². The van der Waals surface area contributed by atoms with Gasteiger partial charge in [0.1, 0.15) is 11.4 Å². The summed E-state index contributed by atoms with van der Waals surface area (Å²) in [7, 11) is 1.70. The van der Waals surface area contributed by atoms with E-state index in [0.717, 1.165) is 24.5 Å². The molecule has 1 unspecified atom stereocenters. The van der Waals surface area contributed by atoms with Crippen molar-refractivity contribution >= 4 is 5.82 Å². The lowest BCUT2D eigenvalue weighted by molar-refractivity contribution is 0.0102. The van der Waals surface area contributed by atoms with Gasteiger partial charge in [-0.25, -0.2) is 4.98 Å². The highest BCUT2D eigenvalue weighted by atomic mass is 16.5. The third-order valence-electron chi connectivity index (χ3n) is 3.60. The Labute approximate surface area is 103 Å². The summed E-state index contributed by atoms with van der Waals surface area (Å²) in [5, 5.41) is 0. The molecular weight excluding hydrogens is 214 g/mol. The Bertz CT molecular complexity index is 371. The molecule has 1 aromatic heterocycles. The summed E-state index contributed by atoms with van der Waals surface area (Å²) in [5.41, 5.74) is 6.48. The highest BCUT2D eigenvalue weighted by Gasteiger charge is 2.30. The summed E-state index contributed by atoms with van der Waals surface area (Å²) in [6, 6.07) is 4.01. The van der Waals surface area contributed by atoms with Gasteiger partial charge in [-0.3, -0.25) is 0 Å². The first-order valence-electron chi connectivity index (χ1n) is 6.17. The van der Waals surface area contributed by atoms with Gasteiger partial charge < -0.3 is 15.4 Å². The first-order chi connectivity index (χ1) is 8.21. The van der Waals surface area contributed by atoms with Gasteiger partial charge in [-0.1, -0.05) is 6.07 Å². The highest BCUT2D eigenvalue weighted by Crippen LogP contribution is 2.32. The second-order valence-corrected chi connectivity index (χ2v) is 4.71. The van der Waals surface area contributed by atoms with Gasteiger partial charge in [0.25, 0.3) is 0 Å². The van der Waals surface area contributed by atoms with Gasteiger partial charge in [0, 0.05) is 38.5 Å². The first-order valence-corrected chi connectivity index (χ1v) is 6.17. The van der Waals surface area contributed by atoms with Gasteiger partial charge in [-0.05, 0) is 25.8 Å². The molecule has 0 radical (unpaired) electrons. The van der Waals surface area contributed by atoms with Crippen LogP contribution >= 0.6 is 0 Å². The zero-order valence-electron chi connectivity index (χ0n) is 10.6. The monoisotopic (exact) mass is 235 g/mol. The standard InChI is InChI=1S/C13H21N3O/c1-13(10-14,17-2)11-6-5-7-15-12(11)16-8-3-4-9-16/h5-7H,3-4,8-10,14H2,1-2H3. The SMILES string of the molecule is COC(C)(CN)c1cccnc1N1CCCC1. The van der Waals surface area contributed by atoms with Crippen LogP contribution in [0.5, 0.6) is 0 Å². The van der Waals surface area contributed by atoms with E-state index >= 15 is 0 Å². The molecule has 1 aliphatic heterocycles. The minimum absolute atomic E-state index is 0.452. The van der Waals surface area contributed by atoms with Crippen LogP contribution < -0.4 is 10.6 Å². The highest BCUT2D eigenvalue weighted by molar-refractivity contribution is 5.50. The molecule has 2 N–H and O–H groups in total. The Morgan fingerprint density at radius 3 is 2.76 bits per heavy atom. The van der Waals surface area contributed by atoms with Crippen LogP contribution in [0.2, 0.25) is 0 Å². The summed E-state index contributed by atoms with van der Waals surface area (Å²) in [5.74, 6) is 1.03. The van der Waals surface area contributed by atoms with Gasteiger partial charge in [-0.15, -0.1) is 0 Å². The number of nitrogens with zero attached hydrogens (tertiary/aromatic N) is 2. The zero-order valence-corrected chi connectivity index (χ0v) is 10.6. The summed E-state index contributed by atoms with van der Waals surface area (Å²) in [6.07, 6.45) is 4.31. The number of methoxy groups -OCH3 is 1. The molecule has 1 fully saturated rings. The van der Waals surface area contributed by atoms with Crippen molar-refractivity contribution in [2.75, 3.05) is 31.6 Å². The molecular formula is C13H21N3O. The van der Waals surface area contributed by atoms with Crippen LogP contribution in [0, 0.1) is 0 Å². The number of hydrogen-bond donors (Lipinski definition) is 1. The van der Waals surface area contributed by atoms with Gasteiger partial charge in [0.2, 0.25) is 0 Å². The fourth-order valence-electron chi connectivity index (χ4n) is 2.29. The van der Waals surface area contributed by atoms with Crippen molar-refractivity contribution in [3.8, 4) is 0 Å². The Morgan fingerprint density at radius 1 is 1.47 bits per heavy atom. The summed E-state index contributed by atoms with van der Waals surface area (Å²) in [4.78, 5) is 6.83. The molecule has 94 valence electrons. The van der Waals surface area contributed by atoms with Crippen molar-refractivity contribution < 1.29 is 4.74 Å². The van der Waals surface area contributed by atoms with E-state index in [9.17, 15) is 0 Å². The minimum Gasteiger partial charge on any atom is -0.372 e. The molecule has 2 rings (SSSR count). The number of anilines is 1. The lowest BCUT2D eigenvalue weighted by Gasteiger charge is -2.31. The predicted molar refractivity (Wildman–Crippen MR) is 69.1 cm³/mol. The van der Waals surface area contributed by atoms with Gasteiger partial charge >= 0.3 is 0 Å². The van der Waals surface area contributed by atoms with E-state index in [1.54, 1.807) is 7.11 Å². The Hall–Kier alpha value is -1.13. The molecule has 1 saturated heterocycles. The molecule has 2 heterocycles. The molecule has 0 amide bonds. The average Bonchev–Trinajstić information content (AvgIpc) is 2.92. The van der Waals surface area contributed by atoms with Crippen molar-refractivity contribution in [1.82, 2.24) is 4.98 Å². The van der Waals surface area contributed by atoms with Crippen LogP contribution in [0.15, 0.2) is 18.3 Å². The summed E-state index contributed by atoms with van der Waals surface area (Å²) >= 11 is 0. The van der Waals surface area contributed by atoms with Gasteiger partial charge in [0.15, 0.2) is 0 Å². The maximum absolute atomic E-state index is 5.85. The third-order valence-corrected chi connectivity index (χ3v) is 3.60. The molecule has 1 aromatic rings. The Kier molecular flexibility index (Phi) is 3.64. The largest absolute Gasteiger partial charge is 0.372 e. The van der Waals surface area contributed by atoms with Crippen LogP contribution in [-0.2, 0) is 10.3 Å². The number of pyridine rings is 1. The molecule has 0 spiro atoms.